The molecule has 2 amide bonds. The van der Waals surface area contributed by atoms with Crippen LogP contribution in [0.3, 0.4) is 0 Å². The van der Waals surface area contributed by atoms with Crippen molar-refractivity contribution in [2.45, 2.75) is 25.3 Å². The fraction of sp³-hybridized carbons (Fsp3) is 0.385. The van der Waals surface area contributed by atoms with Crippen LogP contribution in [0.5, 0.6) is 5.75 Å². The van der Waals surface area contributed by atoms with E-state index in [1.807, 2.05) is 12.1 Å². The Hall–Kier alpha value is -2.04. The smallest absolute Gasteiger partial charge is 0.242 e. The third-order valence-electron chi connectivity index (χ3n) is 2.96. The van der Waals surface area contributed by atoms with Crippen molar-refractivity contribution in [3.8, 4) is 5.75 Å². The van der Waals surface area contributed by atoms with E-state index < -0.39 is 0 Å². The predicted molar refractivity (Wildman–Crippen MR) is 66.0 cm³/mol. The average Bonchev–Trinajstić information content (AvgIpc) is 2.78. The fourth-order valence-corrected chi connectivity index (χ4v) is 1.93. The van der Waals surface area contributed by atoms with Gasteiger partial charge in [0.25, 0.3) is 0 Å². The zero-order valence-electron chi connectivity index (χ0n) is 9.98. The number of nitrogens with one attached hydrogen (secondary N) is 2. The Bertz CT molecular complexity index is 442. The molecule has 2 rings (SSSR count). The first kappa shape index (κ1) is 12.4. The van der Waals surface area contributed by atoms with Crippen LogP contribution < -0.4 is 10.6 Å². The lowest BCUT2D eigenvalue weighted by Crippen LogP contribution is -2.42. The highest BCUT2D eigenvalue weighted by molar-refractivity contribution is 5.90. The van der Waals surface area contributed by atoms with Crippen LogP contribution in [-0.4, -0.2) is 29.5 Å². The molecule has 0 radical (unpaired) electrons. The molecule has 1 saturated heterocycles. The third-order valence-corrected chi connectivity index (χ3v) is 2.96. The molecule has 1 aliphatic heterocycles. The summed E-state index contributed by atoms with van der Waals surface area (Å²) in [5, 5.41) is 14.5. The van der Waals surface area contributed by atoms with Gasteiger partial charge in [-0.3, -0.25) is 9.59 Å². The van der Waals surface area contributed by atoms with Crippen LogP contribution >= 0.6 is 0 Å². The first-order valence-corrected chi connectivity index (χ1v) is 6.00. The molecular formula is C13H16N2O3. The van der Waals surface area contributed by atoms with Crippen LogP contribution in [0.2, 0.25) is 0 Å². The van der Waals surface area contributed by atoms with Crippen LogP contribution in [0, 0.1) is 0 Å². The number of phenolic OH excluding ortho intramolecular Hbond substituents is 1. The Kier molecular flexibility index (Phi) is 3.82. The number of carbonyl (C=O) groups excluding carboxylic acids is 2. The van der Waals surface area contributed by atoms with Crippen LogP contribution in [0.15, 0.2) is 24.3 Å². The summed E-state index contributed by atoms with van der Waals surface area (Å²) in [6, 6.07) is 6.50. The molecule has 0 bridgehead atoms. The van der Waals surface area contributed by atoms with Crippen LogP contribution in [-0.2, 0) is 16.0 Å². The van der Waals surface area contributed by atoms with Crippen molar-refractivity contribution < 1.29 is 14.7 Å². The number of rotatable bonds is 4. The number of aromatic hydroxyl groups is 1. The zero-order chi connectivity index (χ0) is 13.0. The van der Waals surface area contributed by atoms with Crippen LogP contribution in [0.4, 0.5) is 0 Å². The van der Waals surface area contributed by atoms with Gasteiger partial charge >= 0.3 is 0 Å². The Morgan fingerprint density at radius 2 is 2.11 bits per heavy atom. The molecule has 0 aromatic heterocycles. The van der Waals surface area contributed by atoms with Gasteiger partial charge in [-0.2, -0.15) is 0 Å². The predicted octanol–water partition coefficient (Wildman–Crippen LogP) is 0.329. The molecule has 5 nitrogen and oxygen atoms in total. The van der Waals surface area contributed by atoms with Crippen molar-refractivity contribution in [1.82, 2.24) is 10.6 Å². The van der Waals surface area contributed by atoms with Gasteiger partial charge < -0.3 is 15.7 Å². The molecular weight excluding hydrogens is 232 g/mol. The summed E-state index contributed by atoms with van der Waals surface area (Å²) in [5.41, 5.74) is 1.04. The Labute approximate surface area is 105 Å². The first-order chi connectivity index (χ1) is 8.65. The van der Waals surface area contributed by atoms with Gasteiger partial charge in [0.15, 0.2) is 0 Å². The molecule has 1 aromatic rings. The summed E-state index contributed by atoms with van der Waals surface area (Å²) >= 11 is 0. The normalized spacial score (nSPS) is 18.4. The highest BCUT2D eigenvalue weighted by atomic mass is 16.3. The molecule has 0 saturated carbocycles. The van der Waals surface area contributed by atoms with Gasteiger partial charge in [0, 0.05) is 13.0 Å². The van der Waals surface area contributed by atoms with E-state index >= 15 is 0 Å². The standard InChI is InChI=1S/C13H16N2O3/c16-10-3-1-9(2-4-10)7-8-14-13(18)11-5-6-12(17)15-11/h1-4,11,16H,5-8H2,(H,14,18)(H,15,17). The summed E-state index contributed by atoms with van der Waals surface area (Å²) in [5.74, 6) is 0.0461. The number of carbonyl (C=O) groups is 2. The lowest BCUT2D eigenvalue weighted by molar-refractivity contribution is -0.125. The van der Waals surface area contributed by atoms with E-state index in [1.165, 1.54) is 0 Å². The second-order valence-corrected chi connectivity index (χ2v) is 4.37. The van der Waals surface area contributed by atoms with Gasteiger partial charge in [-0.05, 0) is 30.5 Å². The maximum atomic E-state index is 11.7. The summed E-state index contributed by atoms with van der Waals surface area (Å²) < 4.78 is 0. The number of hydrogen-bond donors (Lipinski definition) is 3. The van der Waals surface area contributed by atoms with Crippen LogP contribution in [0.1, 0.15) is 18.4 Å². The molecule has 5 heteroatoms. The van der Waals surface area contributed by atoms with E-state index in [-0.39, 0.29) is 23.6 Å². The van der Waals surface area contributed by atoms with E-state index in [0.29, 0.717) is 25.8 Å². The van der Waals surface area contributed by atoms with E-state index in [1.54, 1.807) is 12.1 Å². The minimum Gasteiger partial charge on any atom is -0.508 e. The topological polar surface area (TPSA) is 78.4 Å². The Morgan fingerprint density at radius 3 is 2.72 bits per heavy atom. The minimum absolute atomic E-state index is 0.0614. The average molecular weight is 248 g/mol. The van der Waals surface area contributed by atoms with Crippen molar-refractivity contribution >= 4 is 11.8 Å². The van der Waals surface area contributed by atoms with Crippen molar-refractivity contribution in [3.63, 3.8) is 0 Å². The lowest BCUT2D eigenvalue weighted by Gasteiger charge is -2.10. The highest BCUT2D eigenvalue weighted by Crippen LogP contribution is 2.10. The van der Waals surface area contributed by atoms with Crippen LogP contribution in [0.25, 0.3) is 0 Å². The molecule has 18 heavy (non-hydrogen) atoms. The molecule has 1 heterocycles. The lowest BCUT2D eigenvalue weighted by atomic mass is 10.1. The molecule has 96 valence electrons. The molecule has 1 atom stereocenters. The van der Waals surface area contributed by atoms with Gasteiger partial charge in [-0.15, -0.1) is 0 Å². The van der Waals surface area contributed by atoms with Gasteiger partial charge in [-0.25, -0.2) is 0 Å². The fourth-order valence-electron chi connectivity index (χ4n) is 1.93. The largest absolute Gasteiger partial charge is 0.508 e. The van der Waals surface area contributed by atoms with Crippen molar-refractivity contribution in [1.29, 1.82) is 0 Å². The zero-order valence-corrected chi connectivity index (χ0v) is 9.98. The third kappa shape index (κ3) is 3.23. The summed E-state index contributed by atoms with van der Waals surface area (Å²) in [6.45, 7) is 0.524. The molecule has 1 unspecified atom stereocenters. The van der Waals surface area contributed by atoms with E-state index in [9.17, 15) is 9.59 Å². The Balaban J connectivity index is 1.73. The molecule has 1 fully saturated rings. The molecule has 0 spiro atoms. The van der Waals surface area contributed by atoms with Gasteiger partial charge in [-0.1, -0.05) is 12.1 Å². The number of amides is 2. The van der Waals surface area contributed by atoms with Crippen molar-refractivity contribution in [2.75, 3.05) is 6.54 Å². The first-order valence-electron chi connectivity index (χ1n) is 6.00. The number of hydrogen-bond acceptors (Lipinski definition) is 3. The SMILES string of the molecule is O=C1CCC(C(=O)NCCc2ccc(O)cc2)N1. The Morgan fingerprint density at radius 1 is 1.39 bits per heavy atom. The second kappa shape index (κ2) is 5.53. The maximum Gasteiger partial charge on any atom is 0.242 e. The molecule has 0 aliphatic carbocycles. The van der Waals surface area contributed by atoms with Gasteiger partial charge in [0.2, 0.25) is 11.8 Å². The number of benzene rings is 1. The summed E-state index contributed by atoms with van der Waals surface area (Å²) in [4.78, 5) is 22.6. The number of phenols is 1. The maximum absolute atomic E-state index is 11.7. The van der Waals surface area contributed by atoms with Crippen molar-refractivity contribution in [2.24, 2.45) is 0 Å². The quantitative estimate of drug-likeness (QED) is 0.718. The minimum atomic E-state index is -0.377. The van der Waals surface area contributed by atoms with Gasteiger partial charge in [0.05, 0.1) is 0 Å². The van der Waals surface area contributed by atoms with Gasteiger partial charge in [0.1, 0.15) is 11.8 Å². The van der Waals surface area contributed by atoms with E-state index in [2.05, 4.69) is 10.6 Å². The van der Waals surface area contributed by atoms with E-state index in [4.69, 9.17) is 5.11 Å². The summed E-state index contributed by atoms with van der Waals surface area (Å²) in [7, 11) is 0. The highest BCUT2D eigenvalue weighted by Gasteiger charge is 2.26. The second-order valence-electron chi connectivity index (χ2n) is 4.37. The molecule has 3 N–H and O–H groups in total. The van der Waals surface area contributed by atoms with E-state index in [0.717, 1.165) is 5.56 Å². The monoisotopic (exact) mass is 248 g/mol. The molecule has 1 aromatic carbocycles. The van der Waals surface area contributed by atoms with Crippen molar-refractivity contribution in [3.05, 3.63) is 29.8 Å². The summed E-state index contributed by atoms with van der Waals surface area (Å²) in [6.07, 6.45) is 1.70. The molecule has 1 aliphatic rings.